The van der Waals surface area contributed by atoms with Gasteiger partial charge in [0.1, 0.15) is 31.7 Å². The molecule has 25 heteroatoms. The van der Waals surface area contributed by atoms with Crippen molar-refractivity contribution in [3.63, 3.8) is 0 Å². The Morgan fingerprint density at radius 1 is 0.588 bits per heavy atom. The SMILES string of the molecule is COc1ccc(-c2c[c-]c(Oc3ccc(S(=O)(=O)c4c[c-]c(C)cc4)cc3S(=O)(=O)[O-])cc2)cc1S(=O)(=O)[O-].O=S(=O)=O.O=S(=O)=O.[Li+].[Li+].[Li+].[Li+]. The van der Waals surface area contributed by atoms with Gasteiger partial charge in [-0.1, -0.05) is 18.6 Å². The first kappa shape index (κ1) is 53.2. The Hall–Kier alpha value is -2.12. The first-order chi connectivity index (χ1) is 21.7. The maximum Gasteiger partial charge on any atom is 1.00 e. The number of ether oxygens (including phenoxy) is 2. The summed E-state index contributed by atoms with van der Waals surface area (Å²) in [6.07, 6.45) is 0. The van der Waals surface area contributed by atoms with E-state index in [9.17, 15) is 34.4 Å². The molecule has 4 aromatic carbocycles. The fourth-order valence-electron chi connectivity index (χ4n) is 3.55. The molecule has 252 valence electrons. The minimum atomic E-state index is -5.16. The second kappa shape index (κ2) is 22.8. The smallest absolute Gasteiger partial charge is 0.744 e. The molecule has 0 atom stereocenters. The van der Waals surface area contributed by atoms with E-state index in [4.69, 9.17) is 34.7 Å². The number of methoxy groups -OCH3 is 1. The van der Waals surface area contributed by atoms with Crippen LogP contribution in [0.3, 0.4) is 0 Å². The molecule has 0 spiro atoms. The van der Waals surface area contributed by atoms with Gasteiger partial charge in [0.05, 0.1) is 21.8 Å². The van der Waals surface area contributed by atoms with Gasteiger partial charge in [0.25, 0.3) is 0 Å². The van der Waals surface area contributed by atoms with Gasteiger partial charge in [-0.25, -0.2) is 25.3 Å². The average molecular weight is 775 g/mol. The van der Waals surface area contributed by atoms with Gasteiger partial charge in [-0.05, 0) is 35.2 Å². The third kappa shape index (κ3) is 16.6. The van der Waals surface area contributed by atoms with Gasteiger partial charge in [0.2, 0.25) is 0 Å². The molecule has 0 radical (unpaired) electrons. The molecule has 4 rings (SSSR count). The van der Waals surface area contributed by atoms with Crippen molar-refractivity contribution in [2.75, 3.05) is 7.11 Å². The summed E-state index contributed by atoms with van der Waals surface area (Å²) in [6, 6.07) is 20.7. The van der Waals surface area contributed by atoms with Gasteiger partial charge in [-0.3, -0.25) is 0 Å². The molecule has 0 aromatic heterocycles. The molecule has 0 fully saturated rings. The summed E-state index contributed by atoms with van der Waals surface area (Å²) in [5.74, 6) is -0.569. The molecule has 0 heterocycles. The van der Waals surface area contributed by atoms with Gasteiger partial charge in [0.15, 0.2) is 9.84 Å². The molecule has 0 aliphatic rings. The van der Waals surface area contributed by atoms with E-state index >= 15 is 0 Å². The summed E-state index contributed by atoms with van der Waals surface area (Å²) >= 11 is 0. The molecule has 0 saturated carbocycles. The zero-order valence-corrected chi connectivity index (χ0v) is 31.6. The van der Waals surface area contributed by atoms with Crippen LogP contribution in [0.15, 0.2) is 92.4 Å². The Bertz CT molecular complexity index is 2300. The normalized spacial score (nSPS) is 10.3. The zero-order valence-electron chi connectivity index (χ0n) is 27.5. The molecular weight excluding hydrogens is 756 g/mol. The van der Waals surface area contributed by atoms with E-state index in [0.717, 1.165) is 24.3 Å². The third-order valence-electron chi connectivity index (χ3n) is 5.52. The molecular formula is C26H18Li4O16S5. The van der Waals surface area contributed by atoms with Gasteiger partial charge < -0.3 is 18.6 Å². The summed E-state index contributed by atoms with van der Waals surface area (Å²) in [5, 5.41) is 0. The van der Waals surface area contributed by atoms with Crippen molar-refractivity contribution in [1.82, 2.24) is 0 Å². The first-order valence-electron chi connectivity index (χ1n) is 11.9. The minimum absolute atomic E-state index is 0. The van der Waals surface area contributed by atoms with E-state index in [2.05, 4.69) is 12.1 Å². The number of hydrogen-bond donors (Lipinski definition) is 0. The van der Waals surface area contributed by atoms with Gasteiger partial charge >= 0.3 is 96.7 Å². The second-order valence-electron chi connectivity index (χ2n) is 8.55. The van der Waals surface area contributed by atoms with E-state index in [1.807, 2.05) is 0 Å². The van der Waals surface area contributed by atoms with Crippen LogP contribution in [0.5, 0.6) is 17.2 Å². The molecule has 0 bridgehead atoms. The molecule has 51 heavy (non-hydrogen) atoms. The summed E-state index contributed by atoms with van der Waals surface area (Å²) < 4.78 is 158. The van der Waals surface area contributed by atoms with Crippen molar-refractivity contribution in [3.05, 3.63) is 90.5 Å². The number of aryl methyl sites for hydroxylation is 1. The van der Waals surface area contributed by atoms with E-state index in [0.29, 0.717) is 16.7 Å². The molecule has 0 aliphatic heterocycles. The molecule has 0 saturated heterocycles. The van der Waals surface area contributed by atoms with Crippen LogP contribution >= 0.6 is 0 Å². The molecule has 4 aromatic rings. The summed E-state index contributed by atoms with van der Waals surface area (Å²) in [6.45, 7) is 1.72. The number of hydrogen-bond acceptors (Lipinski definition) is 16. The fourth-order valence-corrected chi connectivity index (χ4v) is 6.18. The van der Waals surface area contributed by atoms with Crippen LogP contribution in [0, 0.1) is 19.1 Å². The molecule has 16 nitrogen and oxygen atoms in total. The topological polar surface area (TPSA) is 269 Å². The number of rotatable bonds is 8. The summed E-state index contributed by atoms with van der Waals surface area (Å²) in [5.41, 5.74) is 1.48. The van der Waals surface area contributed by atoms with E-state index < -0.39 is 71.7 Å². The maximum absolute atomic E-state index is 13.0. The predicted octanol–water partition coefficient (Wildman–Crippen LogP) is -10.3. The van der Waals surface area contributed by atoms with E-state index in [1.54, 1.807) is 6.92 Å². The Kier molecular flexibility index (Phi) is 23.8. The standard InChI is InChI=1S/C26H20O10S3.4Li.2O3S/c1-17-3-10-21(11-4-17)37(27,28)22-12-14-24(26(16-22)39(32,33)34)36-20-8-5-18(6-9-20)19-7-13-23(35-2)25(15-19)38(29,30)31;;;;;2*1-4(2)3/h3,5-8,10-16H,1-2H3,(H,29,30,31)(H,32,33,34);;;;;;/q-2;4*+1;;/p-2. The van der Waals surface area contributed by atoms with Crippen LogP contribution in [0.25, 0.3) is 11.1 Å². The molecule has 0 unspecified atom stereocenters. The maximum atomic E-state index is 13.0. The third-order valence-corrected chi connectivity index (χ3v) is 8.98. The van der Waals surface area contributed by atoms with Gasteiger partial charge in [0, 0.05) is 5.75 Å². The average Bonchev–Trinajstić information content (AvgIpc) is 2.96. The van der Waals surface area contributed by atoms with Crippen molar-refractivity contribution in [2.24, 2.45) is 0 Å². The second-order valence-corrected chi connectivity index (χ2v) is 14.0. The van der Waals surface area contributed by atoms with Crippen LogP contribution < -0.4 is 84.9 Å². The largest absolute Gasteiger partial charge is 1.00 e. The van der Waals surface area contributed by atoms with Crippen LogP contribution in [0.1, 0.15) is 5.56 Å². The minimum Gasteiger partial charge on any atom is -0.744 e. The van der Waals surface area contributed by atoms with Crippen LogP contribution in [-0.2, 0) is 51.3 Å². The summed E-state index contributed by atoms with van der Waals surface area (Å²) in [7, 11) is -19.1. The quantitative estimate of drug-likeness (QED) is 0.0913. The predicted molar refractivity (Wildman–Crippen MR) is 155 cm³/mol. The van der Waals surface area contributed by atoms with Crippen LogP contribution in [0.2, 0.25) is 0 Å². The fraction of sp³-hybridized carbons (Fsp3) is 0.0769. The van der Waals surface area contributed by atoms with Crippen molar-refractivity contribution in [2.45, 2.75) is 26.5 Å². The van der Waals surface area contributed by atoms with Crippen molar-refractivity contribution >= 4 is 51.3 Å². The Labute approximate surface area is 345 Å². The number of benzene rings is 4. The Morgan fingerprint density at radius 2 is 1.06 bits per heavy atom. The number of sulfone groups is 1. The molecule has 0 N–H and O–H groups in total. The van der Waals surface area contributed by atoms with Crippen LogP contribution in [-0.4, -0.2) is 66.7 Å². The van der Waals surface area contributed by atoms with Crippen molar-refractivity contribution in [1.29, 1.82) is 0 Å². The van der Waals surface area contributed by atoms with Crippen molar-refractivity contribution < 1.29 is 145 Å². The summed E-state index contributed by atoms with van der Waals surface area (Å²) in [4.78, 5) is -2.00. The zero-order chi connectivity index (χ0) is 35.7. The van der Waals surface area contributed by atoms with E-state index in [-0.39, 0.29) is 91.8 Å². The van der Waals surface area contributed by atoms with Crippen molar-refractivity contribution in [3.8, 4) is 28.4 Å². The van der Waals surface area contributed by atoms with Gasteiger partial charge in [-0.15, -0.1) is 42.9 Å². The first-order valence-corrected chi connectivity index (χ1v) is 18.2. The van der Waals surface area contributed by atoms with Gasteiger partial charge in [-0.2, -0.15) is 42.0 Å². The monoisotopic (exact) mass is 774 g/mol. The molecule has 0 aliphatic carbocycles. The molecule has 0 amide bonds. The van der Waals surface area contributed by atoms with E-state index in [1.165, 1.54) is 55.6 Å². The Morgan fingerprint density at radius 3 is 1.49 bits per heavy atom. The Balaban J connectivity index is -0.00000174. The van der Waals surface area contributed by atoms with Crippen LogP contribution in [0.4, 0.5) is 0 Å².